The first kappa shape index (κ1) is 4.59. The Hall–Kier alpha value is -0.570. The van der Waals surface area contributed by atoms with Crippen molar-refractivity contribution >= 4 is 6.34 Å². The molecule has 0 aromatic carbocycles. The summed E-state index contributed by atoms with van der Waals surface area (Å²) in [5.74, 6) is 0. The fourth-order valence-corrected chi connectivity index (χ4v) is 0.537. The van der Waals surface area contributed by atoms with E-state index in [0.29, 0.717) is 6.67 Å². The number of hydrogen-bond donors (Lipinski definition) is 0. The molecular weight excluding hydrogens is 90.1 g/mol. The van der Waals surface area contributed by atoms with Crippen LogP contribution in [0.4, 0.5) is 0 Å². The molecule has 0 aromatic heterocycles. The fourth-order valence-electron chi connectivity index (χ4n) is 0.537. The number of nitrogens with one attached hydrogen (secondary N) is 1. The largest absolute Gasteiger partial charge is 0.347 e. The van der Waals surface area contributed by atoms with Gasteiger partial charge in [0.05, 0.1) is 19.6 Å². The Morgan fingerprint density at radius 2 is 2.71 bits per heavy atom. The summed E-state index contributed by atoms with van der Waals surface area (Å²) in [4.78, 5) is 5.78. The van der Waals surface area contributed by atoms with Crippen LogP contribution in [0.3, 0.4) is 0 Å². The van der Waals surface area contributed by atoms with Crippen LogP contribution in [-0.2, 0) is 0 Å². The maximum absolute atomic E-state index is 6.83. The first-order valence-corrected chi connectivity index (χ1v) is 2.32. The van der Waals surface area contributed by atoms with Gasteiger partial charge in [0.2, 0.25) is 0 Å². The van der Waals surface area contributed by atoms with Gasteiger partial charge in [-0.15, -0.1) is 0 Å². The Bertz CT molecular complexity index is 79.0. The standard InChI is InChI=1S/C4H8N3/c5-3-7-2-1-6-4-7/h4-5H,1-3H2. The van der Waals surface area contributed by atoms with Crippen LogP contribution in [0.15, 0.2) is 4.99 Å². The molecule has 0 aromatic rings. The third-order valence-corrected chi connectivity index (χ3v) is 0.964. The molecule has 0 spiro atoms. The van der Waals surface area contributed by atoms with Gasteiger partial charge in [-0.05, 0) is 0 Å². The smallest absolute Gasteiger partial charge is 0.0861 e. The Morgan fingerprint density at radius 3 is 3.00 bits per heavy atom. The molecular formula is C4H8N3. The summed E-state index contributed by atoms with van der Waals surface area (Å²) in [6.07, 6.45) is 1.73. The zero-order chi connectivity index (χ0) is 5.11. The van der Waals surface area contributed by atoms with E-state index < -0.39 is 0 Å². The molecule has 7 heavy (non-hydrogen) atoms. The molecule has 1 radical (unpaired) electrons. The highest BCUT2D eigenvalue weighted by Gasteiger charge is 1.99. The van der Waals surface area contributed by atoms with Gasteiger partial charge in [-0.1, -0.05) is 0 Å². The van der Waals surface area contributed by atoms with Crippen molar-refractivity contribution in [1.29, 1.82) is 0 Å². The topological polar surface area (TPSA) is 39.4 Å². The summed E-state index contributed by atoms with van der Waals surface area (Å²) < 4.78 is 0. The average molecular weight is 98.1 g/mol. The third kappa shape index (κ3) is 0.899. The van der Waals surface area contributed by atoms with Crippen molar-refractivity contribution in [2.24, 2.45) is 4.99 Å². The maximum atomic E-state index is 6.83. The summed E-state index contributed by atoms with van der Waals surface area (Å²) >= 11 is 0. The molecule has 39 valence electrons. The number of rotatable bonds is 1. The molecule has 0 saturated heterocycles. The van der Waals surface area contributed by atoms with E-state index in [9.17, 15) is 0 Å². The van der Waals surface area contributed by atoms with Crippen molar-refractivity contribution in [2.45, 2.75) is 0 Å². The predicted molar refractivity (Wildman–Crippen MR) is 28.0 cm³/mol. The van der Waals surface area contributed by atoms with E-state index in [1.54, 1.807) is 6.34 Å². The number of hydrogen-bond acceptors (Lipinski definition) is 2. The van der Waals surface area contributed by atoms with Gasteiger partial charge >= 0.3 is 0 Å². The van der Waals surface area contributed by atoms with E-state index in [1.165, 1.54) is 0 Å². The van der Waals surface area contributed by atoms with Gasteiger partial charge in [-0.2, -0.15) is 0 Å². The molecule has 0 saturated carbocycles. The summed E-state index contributed by atoms with van der Waals surface area (Å²) in [5, 5.41) is 0. The molecule has 0 bridgehead atoms. The van der Waals surface area contributed by atoms with Crippen LogP contribution >= 0.6 is 0 Å². The molecule has 1 N–H and O–H groups in total. The second kappa shape index (κ2) is 1.93. The van der Waals surface area contributed by atoms with Crippen molar-refractivity contribution in [3.8, 4) is 0 Å². The second-order valence-corrected chi connectivity index (χ2v) is 1.49. The van der Waals surface area contributed by atoms with Crippen molar-refractivity contribution < 1.29 is 0 Å². The lowest BCUT2D eigenvalue weighted by molar-refractivity contribution is 0.474. The molecule has 1 aliphatic rings. The second-order valence-electron chi connectivity index (χ2n) is 1.49. The molecule has 1 heterocycles. The fraction of sp³-hybridized carbons (Fsp3) is 0.750. The van der Waals surface area contributed by atoms with Gasteiger partial charge in [-0.25, -0.2) is 5.73 Å². The summed E-state index contributed by atoms with van der Waals surface area (Å²) in [5.41, 5.74) is 6.83. The van der Waals surface area contributed by atoms with Crippen LogP contribution in [0.5, 0.6) is 0 Å². The first-order valence-electron chi connectivity index (χ1n) is 2.32. The SMILES string of the molecule is [NH]CN1C=NCC1. The number of nitrogens with zero attached hydrogens (tertiary/aromatic N) is 2. The summed E-state index contributed by atoms with van der Waals surface area (Å²) in [6, 6.07) is 0. The molecule has 1 aliphatic heterocycles. The normalized spacial score (nSPS) is 18.7. The summed E-state index contributed by atoms with van der Waals surface area (Å²) in [7, 11) is 0. The van der Waals surface area contributed by atoms with Crippen molar-refractivity contribution in [1.82, 2.24) is 10.6 Å². The van der Waals surface area contributed by atoms with Crippen LogP contribution in [0.1, 0.15) is 0 Å². The molecule has 0 amide bonds. The van der Waals surface area contributed by atoms with Crippen molar-refractivity contribution in [2.75, 3.05) is 19.8 Å². The minimum atomic E-state index is 0.351. The molecule has 0 atom stereocenters. The highest BCUT2D eigenvalue weighted by Crippen LogP contribution is 1.87. The summed E-state index contributed by atoms with van der Waals surface area (Å²) in [6.45, 7) is 2.16. The van der Waals surface area contributed by atoms with Crippen molar-refractivity contribution in [3.05, 3.63) is 0 Å². The molecule has 3 heteroatoms. The van der Waals surface area contributed by atoms with Crippen LogP contribution in [-0.4, -0.2) is 31.0 Å². The minimum absolute atomic E-state index is 0.351. The average Bonchev–Trinajstić information content (AvgIpc) is 2.14. The van der Waals surface area contributed by atoms with E-state index in [0.717, 1.165) is 13.1 Å². The quantitative estimate of drug-likeness (QED) is 0.438. The molecule has 3 nitrogen and oxygen atoms in total. The van der Waals surface area contributed by atoms with Crippen LogP contribution < -0.4 is 5.73 Å². The zero-order valence-electron chi connectivity index (χ0n) is 4.09. The van der Waals surface area contributed by atoms with Crippen LogP contribution in [0.25, 0.3) is 0 Å². The molecule has 1 rings (SSSR count). The lowest BCUT2D eigenvalue weighted by Crippen LogP contribution is -2.21. The maximum Gasteiger partial charge on any atom is 0.0861 e. The molecule has 0 fully saturated rings. The number of aliphatic imine (C=N–C) groups is 1. The molecule has 0 unspecified atom stereocenters. The first-order chi connectivity index (χ1) is 3.43. The van der Waals surface area contributed by atoms with E-state index in [4.69, 9.17) is 5.73 Å². The van der Waals surface area contributed by atoms with Gasteiger partial charge in [-0.3, -0.25) is 4.99 Å². The lowest BCUT2D eigenvalue weighted by Gasteiger charge is -2.06. The zero-order valence-corrected chi connectivity index (χ0v) is 4.09. The van der Waals surface area contributed by atoms with Crippen molar-refractivity contribution in [3.63, 3.8) is 0 Å². The Labute approximate surface area is 42.8 Å². The van der Waals surface area contributed by atoms with E-state index in [2.05, 4.69) is 4.99 Å². The van der Waals surface area contributed by atoms with Gasteiger partial charge in [0.15, 0.2) is 0 Å². The van der Waals surface area contributed by atoms with Gasteiger partial charge < -0.3 is 4.90 Å². The van der Waals surface area contributed by atoms with Crippen LogP contribution in [0.2, 0.25) is 0 Å². The van der Waals surface area contributed by atoms with Gasteiger partial charge in [0.1, 0.15) is 0 Å². The third-order valence-electron chi connectivity index (χ3n) is 0.964. The van der Waals surface area contributed by atoms with E-state index in [1.807, 2.05) is 4.90 Å². The lowest BCUT2D eigenvalue weighted by atomic mass is 10.6. The highest BCUT2D eigenvalue weighted by molar-refractivity contribution is 5.56. The Balaban J connectivity index is 2.28. The van der Waals surface area contributed by atoms with Gasteiger partial charge in [0, 0.05) is 6.54 Å². The van der Waals surface area contributed by atoms with Crippen LogP contribution in [0, 0.1) is 0 Å². The monoisotopic (exact) mass is 98.1 g/mol. The Kier molecular flexibility index (Phi) is 1.26. The highest BCUT2D eigenvalue weighted by atomic mass is 15.2. The van der Waals surface area contributed by atoms with E-state index >= 15 is 0 Å². The minimum Gasteiger partial charge on any atom is -0.347 e. The molecule has 0 aliphatic carbocycles. The van der Waals surface area contributed by atoms with Gasteiger partial charge in [0.25, 0.3) is 0 Å². The Morgan fingerprint density at radius 1 is 1.86 bits per heavy atom. The van der Waals surface area contributed by atoms with E-state index in [-0.39, 0.29) is 0 Å². The predicted octanol–water partition coefficient (Wildman–Crippen LogP) is -0.429.